The summed E-state index contributed by atoms with van der Waals surface area (Å²) in [6.45, 7) is 1.35. The Bertz CT molecular complexity index is 602. The topological polar surface area (TPSA) is 75.2 Å². The second-order valence-corrected chi connectivity index (χ2v) is 5.15. The van der Waals surface area contributed by atoms with Gasteiger partial charge in [-0.25, -0.2) is 4.98 Å². The number of hydrogen-bond donors (Lipinski definition) is 2. The van der Waals surface area contributed by atoms with Crippen LogP contribution in [0.4, 0.5) is 0 Å². The van der Waals surface area contributed by atoms with E-state index in [1.165, 1.54) is 5.56 Å². The van der Waals surface area contributed by atoms with Gasteiger partial charge in [0.15, 0.2) is 0 Å². The van der Waals surface area contributed by atoms with Gasteiger partial charge in [0.25, 0.3) is 0 Å². The van der Waals surface area contributed by atoms with Crippen molar-refractivity contribution in [3.8, 4) is 0 Å². The molecule has 0 atom stereocenters. The number of fused-ring (bicyclic) bond motifs is 1. The summed E-state index contributed by atoms with van der Waals surface area (Å²) in [5.74, 6) is -0.737. The number of hydrogen-bond acceptors (Lipinski definition) is 3. The highest BCUT2D eigenvalue weighted by molar-refractivity contribution is 5.75. The predicted molar refractivity (Wildman–Crippen MR) is 70.1 cm³/mol. The Morgan fingerprint density at radius 1 is 1.47 bits per heavy atom. The van der Waals surface area contributed by atoms with Gasteiger partial charge in [0.1, 0.15) is 0 Å². The molecule has 1 fully saturated rings. The van der Waals surface area contributed by atoms with Gasteiger partial charge in [-0.1, -0.05) is 6.07 Å². The van der Waals surface area contributed by atoms with Crippen molar-refractivity contribution in [3.05, 3.63) is 30.1 Å². The van der Waals surface area contributed by atoms with Crippen LogP contribution in [-0.2, 0) is 14.9 Å². The normalized spacial score (nSPS) is 17.3. The molecule has 0 aliphatic carbocycles. The van der Waals surface area contributed by atoms with Gasteiger partial charge in [-0.2, -0.15) is 0 Å². The van der Waals surface area contributed by atoms with Crippen molar-refractivity contribution in [2.75, 3.05) is 13.2 Å². The minimum absolute atomic E-state index is 0.0191. The summed E-state index contributed by atoms with van der Waals surface area (Å²) in [5.41, 5.74) is 3.15. The van der Waals surface area contributed by atoms with Crippen molar-refractivity contribution >= 4 is 17.0 Å². The SMILES string of the molecule is O=C(O)CCCC1(c2ccc3nc[nH]c3c2)COC1. The van der Waals surface area contributed by atoms with Gasteiger partial charge >= 0.3 is 5.97 Å². The van der Waals surface area contributed by atoms with Gasteiger partial charge in [-0.05, 0) is 30.5 Å². The molecule has 19 heavy (non-hydrogen) atoms. The molecule has 2 heterocycles. The van der Waals surface area contributed by atoms with Crippen LogP contribution in [0, 0.1) is 0 Å². The number of aromatic amines is 1. The molecule has 3 rings (SSSR count). The summed E-state index contributed by atoms with van der Waals surface area (Å²) in [4.78, 5) is 17.9. The van der Waals surface area contributed by atoms with Crippen molar-refractivity contribution in [3.63, 3.8) is 0 Å². The molecule has 2 aromatic rings. The largest absolute Gasteiger partial charge is 0.481 e. The summed E-state index contributed by atoms with van der Waals surface area (Å²) in [6.07, 6.45) is 3.43. The number of rotatable bonds is 5. The fraction of sp³-hybridized carbons (Fsp3) is 0.429. The first-order valence-corrected chi connectivity index (χ1v) is 6.43. The number of H-pyrrole nitrogens is 1. The lowest BCUT2D eigenvalue weighted by Crippen LogP contribution is -2.46. The Morgan fingerprint density at radius 2 is 2.32 bits per heavy atom. The average Bonchev–Trinajstić information content (AvgIpc) is 2.79. The van der Waals surface area contributed by atoms with Crippen LogP contribution in [0.25, 0.3) is 11.0 Å². The van der Waals surface area contributed by atoms with E-state index >= 15 is 0 Å². The molecule has 5 nitrogen and oxygen atoms in total. The molecule has 100 valence electrons. The predicted octanol–water partition coefficient (Wildman–Crippen LogP) is 2.09. The number of benzene rings is 1. The molecule has 1 aliphatic rings. The van der Waals surface area contributed by atoms with E-state index in [4.69, 9.17) is 9.84 Å². The zero-order valence-electron chi connectivity index (χ0n) is 10.6. The van der Waals surface area contributed by atoms with E-state index in [-0.39, 0.29) is 11.8 Å². The Morgan fingerprint density at radius 3 is 3.00 bits per heavy atom. The van der Waals surface area contributed by atoms with Crippen LogP contribution in [-0.4, -0.2) is 34.3 Å². The van der Waals surface area contributed by atoms with Crippen LogP contribution < -0.4 is 0 Å². The Kier molecular flexibility index (Phi) is 2.98. The molecule has 0 spiro atoms. The van der Waals surface area contributed by atoms with Crippen molar-refractivity contribution in [1.82, 2.24) is 9.97 Å². The van der Waals surface area contributed by atoms with Crippen molar-refractivity contribution in [1.29, 1.82) is 0 Å². The maximum absolute atomic E-state index is 10.6. The molecule has 2 N–H and O–H groups in total. The maximum atomic E-state index is 10.6. The van der Waals surface area contributed by atoms with Gasteiger partial charge in [0.05, 0.1) is 30.6 Å². The summed E-state index contributed by atoms with van der Waals surface area (Å²) in [5, 5.41) is 8.74. The highest BCUT2D eigenvalue weighted by atomic mass is 16.5. The van der Waals surface area contributed by atoms with E-state index < -0.39 is 5.97 Å². The van der Waals surface area contributed by atoms with Crippen LogP contribution in [0.3, 0.4) is 0 Å². The second-order valence-electron chi connectivity index (χ2n) is 5.15. The van der Waals surface area contributed by atoms with Crippen molar-refractivity contribution < 1.29 is 14.6 Å². The molecule has 1 aliphatic heterocycles. The molecule has 1 saturated heterocycles. The lowest BCUT2D eigenvalue weighted by atomic mass is 9.74. The van der Waals surface area contributed by atoms with E-state index in [1.807, 2.05) is 6.07 Å². The molecular formula is C14H16N2O3. The second kappa shape index (κ2) is 4.66. The molecule has 1 aromatic carbocycles. The number of nitrogens with one attached hydrogen (secondary N) is 1. The standard InChI is InChI=1S/C14H16N2O3/c17-13(18)2-1-5-14(7-19-8-14)10-3-4-11-12(6-10)16-9-15-11/h3-4,6,9H,1-2,5,7-8H2,(H,15,16)(H,17,18). The Balaban J connectivity index is 1.82. The summed E-state index contributed by atoms with van der Waals surface area (Å²) in [7, 11) is 0. The van der Waals surface area contributed by atoms with Crippen molar-refractivity contribution in [2.24, 2.45) is 0 Å². The summed E-state index contributed by atoms with van der Waals surface area (Å²) >= 11 is 0. The van der Waals surface area contributed by atoms with Gasteiger partial charge in [-0.3, -0.25) is 4.79 Å². The average molecular weight is 260 g/mol. The van der Waals surface area contributed by atoms with Gasteiger partial charge < -0.3 is 14.8 Å². The monoisotopic (exact) mass is 260 g/mol. The third kappa shape index (κ3) is 2.21. The lowest BCUT2D eigenvalue weighted by Gasteiger charge is -2.42. The zero-order valence-corrected chi connectivity index (χ0v) is 10.6. The molecular weight excluding hydrogens is 244 g/mol. The van der Waals surface area contributed by atoms with Gasteiger partial charge in [0.2, 0.25) is 0 Å². The van der Waals surface area contributed by atoms with E-state index in [2.05, 4.69) is 22.1 Å². The van der Waals surface area contributed by atoms with Crippen molar-refractivity contribution in [2.45, 2.75) is 24.7 Å². The summed E-state index contributed by atoms with van der Waals surface area (Å²) in [6, 6.07) is 6.18. The van der Waals surface area contributed by atoms with Crippen LogP contribution in [0.2, 0.25) is 0 Å². The minimum atomic E-state index is -0.737. The van der Waals surface area contributed by atoms with Crippen LogP contribution >= 0.6 is 0 Å². The highest BCUT2D eigenvalue weighted by Gasteiger charge is 2.39. The number of ether oxygens (including phenoxy) is 1. The molecule has 0 saturated carbocycles. The molecule has 5 heteroatoms. The minimum Gasteiger partial charge on any atom is -0.481 e. The summed E-state index contributed by atoms with van der Waals surface area (Å²) < 4.78 is 5.37. The van der Waals surface area contributed by atoms with Crippen LogP contribution in [0.5, 0.6) is 0 Å². The number of carbonyl (C=O) groups is 1. The Labute approximate surface area is 110 Å². The van der Waals surface area contributed by atoms with E-state index in [1.54, 1.807) is 6.33 Å². The number of aromatic nitrogens is 2. The smallest absolute Gasteiger partial charge is 0.303 e. The lowest BCUT2D eigenvalue weighted by molar-refractivity contribution is -0.137. The van der Waals surface area contributed by atoms with Crippen LogP contribution in [0.15, 0.2) is 24.5 Å². The molecule has 0 unspecified atom stereocenters. The number of nitrogens with zero attached hydrogens (tertiary/aromatic N) is 1. The first-order chi connectivity index (χ1) is 9.20. The van der Waals surface area contributed by atoms with Gasteiger partial charge in [0, 0.05) is 11.8 Å². The fourth-order valence-electron chi connectivity index (χ4n) is 2.65. The number of carboxylic acids is 1. The van der Waals surface area contributed by atoms with E-state index in [9.17, 15) is 4.79 Å². The maximum Gasteiger partial charge on any atom is 0.303 e. The third-order valence-electron chi connectivity index (χ3n) is 3.84. The number of imidazole rings is 1. The van der Waals surface area contributed by atoms with E-state index in [0.29, 0.717) is 19.6 Å². The molecule has 1 aromatic heterocycles. The molecule has 0 bridgehead atoms. The Hall–Kier alpha value is -1.88. The number of carboxylic acid groups (broad SMARTS) is 1. The fourth-order valence-corrected chi connectivity index (χ4v) is 2.65. The third-order valence-corrected chi connectivity index (χ3v) is 3.84. The number of aliphatic carboxylic acids is 1. The van der Waals surface area contributed by atoms with Crippen LogP contribution in [0.1, 0.15) is 24.8 Å². The zero-order chi connectivity index (χ0) is 13.3. The molecule has 0 amide bonds. The quantitative estimate of drug-likeness (QED) is 0.863. The highest BCUT2D eigenvalue weighted by Crippen LogP contribution is 2.38. The van der Waals surface area contributed by atoms with E-state index in [0.717, 1.165) is 17.5 Å². The first kappa shape index (κ1) is 12.2. The first-order valence-electron chi connectivity index (χ1n) is 6.43. The van der Waals surface area contributed by atoms with Gasteiger partial charge in [-0.15, -0.1) is 0 Å². The molecule has 0 radical (unpaired) electrons.